The number of ether oxygens (including phenoxy) is 1. The Hall–Kier alpha value is -1.46. The molecule has 1 aliphatic rings. The lowest BCUT2D eigenvalue weighted by Gasteiger charge is -2.33. The maximum absolute atomic E-state index is 12.4. The molecule has 1 aromatic rings. The molecule has 6 nitrogen and oxygen atoms in total. The summed E-state index contributed by atoms with van der Waals surface area (Å²) in [5, 5.41) is 18.1. The minimum absolute atomic E-state index is 0.182. The molecule has 0 aromatic heterocycles. The van der Waals surface area contributed by atoms with Crippen molar-refractivity contribution in [1.29, 1.82) is 5.26 Å². The van der Waals surface area contributed by atoms with Gasteiger partial charge in [-0.1, -0.05) is 12.1 Å². The third kappa shape index (κ3) is 3.35. The van der Waals surface area contributed by atoms with Gasteiger partial charge in [-0.05, 0) is 17.7 Å². The first-order valence-corrected chi connectivity index (χ1v) is 7.85. The monoisotopic (exact) mass is 296 g/mol. The fourth-order valence-corrected chi connectivity index (χ4v) is 3.87. The fraction of sp³-hybridized carbons (Fsp3) is 0.462. The van der Waals surface area contributed by atoms with E-state index in [4.69, 9.17) is 10.00 Å². The minimum atomic E-state index is -3.54. The number of nitrogens with zero attached hydrogens (tertiary/aromatic N) is 2. The lowest BCUT2D eigenvalue weighted by molar-refractivity contribution is 0.0108. The average Bonchev–Trinajstić information content (AvgIpc) is 2.47. The van der Waals surface area contributed by atoms with Gasteiger partial charge in [0.05, 0.1) is 43.2 Å². The van der Waals surface area contributed by atoms with Crippen LogP contribution in [0.3, 0.4) is 0 Å². The van der Waals surface area contributed by atoms with E-state index in [2.05, 4.69) is 0 Å². The Morgan fingerprint density at radius 3 is 3.00 bits per heavy atom. The second kappa shape index (κ2) is 6.33. The Kier molecular flexibility index (Phi) is 4.73. The lowest BCUT2D eigenvalue weighted by atomic mass is 10.2. The Balaban J connectivity index is 2.19. The summed E-state index contributed by atoms with van der Waals surface area (Å²) in [4.78, 5) is 0. The summed E-state index contributed by atoms with van der Waals surface area (Å²) in [7, 11) is -3.54. The molecule has 108 valence electrons. The Morgan fingerprint density at radius 2 is 2.30 bits per heavy atom. The fourth-order valence-electron chi connectivity index (χ4n) is 2.17. The molecule has 1 fully saturated rings. The molecular formula is C13H16N2O4S. The maximum Gasteiger partial charge on any atom is 0.218 e. The third-order valence-corrected chi connectivity index (χ3v) is 5.04. The van der Waals surface area contributed by atoms with Crippen molar-refractivity contribution in [1.82, 2.24) is 4.31 Å². The molecule has 2 rings (SSSR count). The molecule has 1 unspecified atom stereocenters. The highest BCUT2D eigenvalue weighted by molar-refractivity contribution is 7.88. The van der Waals surface area contributed by atoms with Crippen LogP contribution in [0.4, 0.5) is 0 Å². The first kappa shape index (κ1) is 14.9. The molecule has 7 heteroatoms. The Labute approximate surface area is 118 Å². The molecule has 0 aliphatic carbocycles. The van der Waals surface area contributed by atoms with Gasteiger partial charge in [0, 0.05) is 6.54 Å². The van der Waals surface area contributed by atoms with Crippen molar-refractivity contribution < 1.29 is 18.3 Å². The van der Waals surface area contributed by atoms with Crippen LogP contribution in [-0.2, 0) is 20.5 Å². The van der Waals surface area contributed by atoms with Crippen LogP contribution in [0.25, 0.3) is 0 Å². The minimum Gasteiger partial charge on any atom is -0.395 e. The molecule has 1 N–H and O–H groups in total. The zero-order valence-corrected chi connectivity index (χ0v) is 11.7. The number of benzene rings is 1. The topological polar surface area (TPSA) is 90.6 Å². The van der Waals surface area contributed by atoms with E-state index in [-0.39, 0.29) is 25.5 Å². The second-order valence-electron chi connectivity index (χ2n) is 4.59. The third-order valence-electron chi connectivity index (χ3n) is 3.15. The van der Waals surface area contributed by atoms with E-state index in [1.165, 1.54) is 4.31 Å². The summed E-state index contributed by atoms with van der Waals surface area (Å²) >= 11 is 0. The second-order valence-corrected chi connectivity index (χ2v) is 6.51. The molecular weight excluding hydrogens is 280 g/mol. The highest BCUT2D eigenvalue weighted by atomic mass is 32.2. The molecule has 0 amide bonds. The van der Waals surface area contributed by atoms with E-state index in [9.17, 15) is 13.5 Å². The Bertz CT molecular complexity index is 609. The first-order valence-electron chi connectivity index (χ1n) is 6.24. The molecule has 0 bridgehead atoms. The summed E-state index contributed by atoms with van der Waals surface area (Å²) in [6, 6.07) is 7.97. The number of hydrogen-bond donors (Lipinski definition) is 1. The SMILES string of the molecule is N#Cc1cccc(CS(=O)(=O)N2CCOCC2CO)c1. The van der Waals surface area contributed by atoms with Gasteiger partial charge >= 0.3 is 0 Å². The van der Waals surface area contributed by atoms with Crippen LogP contribution < -0.4 is 0 Å². The standard InChI is InChI=1S/C13H16N2O4S/c14-7-11-2-1-3-12(6-11)10-20(17,18)15-4-5-19-9-13(15)8-16/h1-3,6,13,16H,4-5,8-10H2. The van der Waals surface area contributed by atoms with Gasteiger partial charge in [0.1, 0.15) is 0 Å². The van der Waals surface area contributed by atoms with E-state index in [1.54, 1.807) is 24.3 Å². The van der Waals surface area contributed by atoms with Crippen LogP contribution in [0.2, 0.25) is 0 Å². The first-order chi connectivity index (χ1) is 9.56. The normalized spacial score (nSPS) is 20.5. The van der Waals surface area contributed by atoms with Crippen LogP contribution in [0.1, 0.15) is 11.1 Å². The number of sulfonamides is 1. The molecule has 20 heavy (non-hydrogen) atoms. The molecule has 1 aromatic carbocycles. The lowest BCUT2D eigenvalue weighted by Crippen LogP contribution is -2.50. The number of aliphatic hydroxyl groups excluding tert-OH is 1. The van der Waals surface area contributed by atoms with Gasteiger partial charge in [0.15, 0.2) is 0 Å². The molecule has 0 saturated carbocycles. The van der Waals surface area contributed by atoms with Gasteiger partial charge in [0.2, 0.25) is 10.0 Å². The number of rotatable bonds is 4. The molecule has 0 radical (unpaired) electrons. The van der Waals surface area contributed by atoms with Crippen molar-refractivity contribution in [2.75, 3.05) is 26.4 Å². The van der Waals surface area contributed by atoms with E-state index in [1.807, 2.05) is 6.07 Å². The molecule has 0 spiro atoms. The van der Waals surface area contributed by atoms with Crippen LogP contribution in [0, 0.1) is 11.3 Å². The number of morpholine rings is 1. The van der Waals surface area contributed by atoms with Gasteiger partial charge in [-0.2, -0.15) is 9.57 Å². The van der Waals surface area contributed by atoms with Crippen molar-refractivity contribution >= 4 is 10.0 Å². The summed E-state index contributed by atoms with van der Waals surface area (Å²) in [5.74, 6) is -0.182. The summed E-state index contributed by atoms with van der Waals surface area (Å²) in [6.07, 6.45) is 0. The van der Waals surface area contributed by atoms with Crippen molar-refractivity contribution in [3.63, 3.8) is 0 Å². The smallest absolute Gasteiger partial charge is 0.218 e. The van der Waals surface area contributed by atoms with Crippen molar-refractivity contribution in [2.45, 2.75) is 11.8 Å². The molecule has 1 heterocycles. The van der Waals surface area contributed by atoms with Gasteiger partial charge in [-0.15, -0.1) is 0 Å². The largest absolute Gasteiger partial charge is 0.395 e. The average molecular weight is 296 g/mol. The van der Waals surface area contributed by atoms with Crippen LogP contribution >= 0.6 is 0 Å². The van der Waals surface area contributed by atoms with E-state index < -0.39 is 16.1 Å². The van der Waals surface area contributed by atoms with Crippen molar-refractivity contribution in [3.8, 4) is 6.07 Å². The summed E-state index contributed by atoms with van der Waals surface area (Å²) in [6.45, 7) is 0.505. The molecule has 1 saturated heterocycles. The number of aliphatic hydroxyl groups is 1. The summed E-state index contributed by atoms with van der Waals surface area (Å²) < 4.78 is 31.3. The predicted molar refractivity (Wildman–Crippen MR) is 72.2 cm³/mol. The molecule has 1 atom stereocenters. The van der Waals surface area contributed by atoms with Gasteiger partial charge < -0.3 is 9.84 Å². The van der Waals surface area contributed by atoms with Crippen LogP contribution in [0.15, 0.2) is 24.3 Å². The highest BCUT2D eigenvalue weighted by Gasteiger charge is 2.32. The van der Waals surface area contributed by atoms with E-state index >= 15 is 0 Å². The number of hydrogen-bond acceptors (Lipinski definition) is 5. The van der Waals surface area contributed by atoms with Gasteiger partial charge in [0.25, 0.3) is 0 Å². The Morgan fingerprint density at radius 1 is 1.50 bits per heavy atom. The number of nitriles is 1. The molecule has 1 aliphatic heterocycles. The van der Waals surface area contributed by atoms with Crippen LogP contribution in [0.5, 0.6) is 0 Å². The zero-order valence-electron chi connectivity index (χ0n) is 10.9. The summed E-state index contributed by atoms with van der Waals surface area (Å²) in [5.41, 5.74) is 0.991. The van der Waals surface area contributed by atoms with E-state index in [0.717, 1.165) is 0 Å². The van der Waals surface area contributed by atoms with Crippen molar-refractivity contribution in [3.05, 3.63) is 35.4 Å². The maximum atomic E-state index is 12.4. The van der Waals surface area contributed by atoms with Crippen molar-refractivity contribution in [2.24, 2.45) is 0 Å². The zero-order chi connectivity index (χ0) is 14.6. The van der Waals surface area contributed by atoms with Gasteiger partial charge in [-0.25, -0.2) is 8.42 Å². The van der Waals surface area contributed by atoms with Crippen LogP contribution in [-0.4, -0.2) is 50.2 Å². The quantitative estimate of drug-likeness (QED) is 0.850. The van der Waals surface area contributed by atoms with E-state index in [0.29, 0.717) is 17.7 Å². The predicted octanol–water partition coefficient (Wildman–Crippen LogP) is 0.0812. The highest BCUT2D eigenvalue weighted by Crippen LogP contribution is 2.17. The van der Waals surface area contributed by atoms with Gasteiger partial charge in [-0.3, -0.25) is 0 Å².